The van der Waals surface area contributed by atoms with Crippen molar-refractivity contribution >= 4 is 22.8 Å². The molecule has 0 atom stereocenters. The third-order valence-electron chi connectivity index (χ3n) is 11.0. The number of rotatable bonds is 2. The Morgan fingerprint density at radius 3 is 2.12 bits per heavy atom. The molecule has 3 heterocycles. The highest BCUT2D eigenvalue weighted by Crippen LogP contribution is 2.63. The van der Waals surface area contributed by atoms with Crippen molar-refractivity contribution in [3.8, 4) is 22.3 Å². The Labute approximate surface area is 281 Å². The largest absolute Gasteiger partial charge is 0.294 e. The number of hydrogen-bond donors (Lipinski definition) is 0. The van der Waals surface area contributed by atoms with Crippen molar-refractivity contribution in [2.45, 2.75) is 31.1 Å². The zero-order chi connectivity index (χ0) is 32.0. The van der Waals surface area contributed by atoms with Gasteiger partial charge in [0, 0.05) is 34.6 Å². The van der Waals surface area contributed by atoms with Crippen molar-refractivity contribution in [1.82, 2.24) is 9.97 Å². The number of allylic oxidation sites excluding steroid dienone is 6. The molecule has 1 spiro atoms. The van der Waals surface area contributed by atoms with E-state index in [2.05, 4.69) is 165 Å². The second-order valence-electron chi connectivity index (χ2n) is 13.7. The summed E-state index contributed by atoms with van der Waals surface area (Å²) in [6.07, 6.45) is 13.8. The first-order valence-corrected chi connectivity index (χ1v) is 16.8. The Balaban J connectivity index is 1.20. The molecule has 2 aromatic heterocycles. The summed E-state index contributed by atoms with van der Waals surface area (Å²) < 4.78 is 0. The molecule has 1 aliphatic heterocycles. The van der Waals surface area contributed by atoms with Gasteiger partial charge in [-0.25, -0.2) is 4.98 Å². The fraction of sp³-hybridized carbons (Fsp3) is 0.111. The Morgan fingerprint density at radius 2 is 1.33 bits per heavy atom. The van der Waals surface area contributed by atoms with Crippen molar-refractivity contribution in [2.75, 3.05) is 4.90 Å². The average molecular weight is 616 g/mol. The number of para-hydroxylation sites is 1. The van der Waals surface area contributed by atoms with Crippen LogP contribution in [0, 0.1) is 0 Å². The Morgan fingerprint density at radius 1 is 0.625 bits per heavy atom. The fourth-order valence-electron chi connectivity index (χ4n) is 8.88. The summed E-state index contributed by atoms with van der Waals surface area (Å²) >= 11 is 0. The van der Waals surface area contributed by atoms with E-state index in [1.54, 1.807) is 0 Å². The molecule has 4 aliphatic rings. The topological polar surface area (TPSA) is 29.0 Å². The summed E-state index contributed by atoms with van der Waals surface area (Å²) in [4.78, 5) is 12.5. The highest BCUT2D eigenvalue weighted by atomic mass is 15.2. The molecule has 0 saturated heterocycles. The van der Waals surface area contributed by atoms with Crippen LogP contribution in [0.4, 0.5) is 17.2 Å². The summed E-state index contributed by atoms with van der Waals surface area (Å²) in [7, 11) is 0. The van der Waals surface area contributed by atoms with Gasteiger partial charge in [-0.1, -0.05) is 117 Å². The third kappa shape index (κ3) is 3.48. The van der Waals surface area contributed by atoms with E-state index in [4.69, 9.17) is 9.97 Å². The van der Waals surface area contributed by atoms with Gasteiger partial charge in [-0.15, -0.1) is 0 Å². The maximum absolute atomic E-state index is 5.33. The number of fused-ring (bicyclic) bond motifs is 11. The van der Waals surface area contributed by atoms with E-state index >= 15 is 0 Å². The van der Waals surface area contributed by atoms with Crippen LogP contribution in [0.25, 0.3) is 27.8 Å². The van der Waals surface area contributed by atoms with Crippen LogP contribution in [-0.2, 0) is 10.8 Å². The molecule has 0 N–H and O–H groups in total. The van der Waals surface area contributed by atoms with Gasteiger partial charge < -0.3 is 0 Å². The molecule has 0 saturated carbocycles. The van der Waals surface area contributed by atoms with Gasteiger partial charge in [0.2, 0.25) is 0 Å². The first-order chi connectivity index (χ1) is 23.6. The summed E-state index contributed by atoms with van der Waals surface area (Å²) in [5.41, 5.74) is 16.8. The summed E-state index contributed by atoms with van der Waals surface area (Å²) in [6.45, 7) is 4.64. The summed E-state index contributed by atoms with van der Waals surface area (Å²) in [5.74, 6) is 0.989. The number of hydrogen-bond acceptors (Lipinski definition) is 3. The van der Waals surface area contributed by atoms with Gasteiger partial charge >= 0.3 is 0 Å². The van der Waals surface area contributed by atoms with E-state index in [1.165, 1.54) is 55.7 Å². The van der Waals surface area contributed by atoms with Gasteiger partial charge in [-0.3, -0.25) is 9.88 Å². The van der Waals surface area contributed by atoms with E-state index in [1.807, 2.05) is 6.20 Å². The SMILES string of the molecule is CC1(C)c2cc(-c3cnc4c(c3)C3(C5=C4CC=CC=C5)c4ccccc4-c4ccccc43)ccc2N(c2ccccc2)c2ncccc21. The van der Waals surface area contributed by atoms with E-state index in [0.29, 0.717) is 0 Å². The van der Waals surface area contributed by atoms with Crippen molar-refractivity contribution in [3.05, 3.63) is 191 Å². The molecule has 0 amide bonds. The highest BCUT2D eigenvalue weighted by molar-refractivity contribution is 5.96. The van der Waals surface area contributed by atoms with Crippen LogP contribution in [0.5, 0.6) is 0 Å². The quantitative estimate of drug-likeness (QED) is 0.194. The predicted octanol–water partition coefficient (Wildman–Crippen LogP) is 10.9. The molecular weight excluding hydrogens is 583 g/mol. The van der Waals surface area contributed by atoms with Crippen LogP contribution in [0.2, 0.25) is 0 Å². The number of nitrogens with zero attached hydrogens (tertiary/aromatic N) is 3. The van der Waals surface area contributed by atoms with Gasteiger partial charge in [0.25, 0.3) is 0 Å². The minimum absolute atomic E-state index is 0.245. The molecule has 3 heteroatoms. The molecule has 3 nitrogen and oxygen atoms in total. The van der Waals surface area contributed by atoms with Crippen LogP contribution in [0.15, 0.2) is 158 Å². The molecule has 228 valence electrons. The van der Waals surface area contributed by atoms with E-state index in [0.717, 1.165) is 34.9 Å². The standard InChI is InChI=1S/C45H33N3/c1-44(2)38-22-13-25-46-43(38)48(31-14-5-3-6-15-31)41-24-23-29(26-39(41)44)30-27-40-42(47-28-30)34-18-7-4-8-19-37(34)45(40)35-20-11-9-16-32(35)33-17-10-12-21-36(33)45/h3-17,19-28H,18H2,1-2H3. The third-order valence-corrected chi connectivity index (χ3v) is 11.0. The molecule has 0 radical (unpaired) electrons. The molecule has 6 aromatic rings. The first-order valence-electron chi connectivity index (χ1n) is 16.8. The second kappa shape index (κ2) is 9.85. The molecule has 48 heavy (non-hydrogen) atoms. The van der Waals surface area contributed by atoms with Gasteiger partial charge in [0.1, 0.15) is 5.82 Å². The number of pyridine rings is 2. The number of aromatic nitrogens is 2. The molecule has 0 unspecified atom stereocenters. The molecule has 3 aliphatic carbocycles. The van der Waals surface area contributed by atoms with E-state index in [-0.39, 0.29) is 5.41 Å². The van der Waals surface area contributed by atoms with Crippen LogP contribution in [0.3, 0.4) is 0 Å². The highest BCUT2D eigenvalue weighted by Gasteiger charge is 2.52. The van der Waals surface area contributed by atoms with Crippen molar-refractivity contribution in [1.29, 1.82) is 0 Å². The number of benzene rings is 4. The van der Waals surface area contributed by atoms with Crippen LogP contribution in [-0.4, -0.2) is 9.97 Å². The predicted molar refractivity (Wildman–Crippen MR) is 196 cm³/mol. The van der Waals surface area contributed by atoms with Gasteiger partial charge in [0.05, 0.1) is 16.8 Å². The zero-order valence-corrected chi connectivity index (χ0v) is 27.0. The lowest BCUT2D eigenvalue weighted by Gasteiger charge is -2.41. The van der Waals surface area contributed by atoms with Crippen LogP contribution < -0.4 is 4.90 Å². The Bertz CT molecular complexity index is 2360. The second-order valence-corrected chi connectivity index (χ2v) is 13.7. The zero-order valence-electron chi connectivity index (χ0n) is 27.0. The lowest BCUT2D eigenvalue weighted by Crippen LogP contribution is -2.31. The van der Waals surface area contributed by atoms with E-state index < -0.39 is 5.41 Å². The van der Waals surface area contributed by atoms with Crippen molar-refractivity contribution < 1.29 is 0 Å². The first kappa shape index (κ1) is 27.3. The van der Waals surface area contributed by atoms with Crippen molar-refractivity contribution in [2.24, 2.45) is 0 Å². The van der Waals surface area contributed by atoms with Gasteiger partial charge in [-0.05, 0) is 92.9 Å². The van der Waals surface area contributed by atoms with Gasteiger partial charge in [-0.2, -0.15) is 0 Å². The minimum atomic E-state index is -0.411. The Kier molecular flexibility index (Phi) is 5.61. The lowest BCUT2D eigenvalue weighted by atomic mass is 9.69. The summed E-state index contributed by atoms with van der Waals surface area (Å²) in [5, 5.41) is 0. The molecule has 10 rings (SSSR count). The maximum Gasteiger partial charge on any atom is 0.141 e. The van der Waals surface area contributed by atoms with Crippen LogP contribution >= 0.6 is 0 Å². The summed E-state index contributed by atoms with van der Waals surface area (Å²) in [6, 6.07) is 42.2. The fourth-order valence-corrected chi connectivity index (χ4v) is 8.88. The normalized spacial score (nSPS) is 16.9. The molecular formula is C45H33N3. The van der Waals surface area contributed by atoms with Gasteiger partial charge in [0.15, 0.2) is 0 Å². The monoisotopic (exact) mass is 615 g/mol. The molecule has 0 fully saturated rings. The smallest absolute Gasteiger partial charge is 0.141 e. The number of anilines is 3. The molecule has 4 aromatic carbocycles. The average Bonchev–Trinajstić information content (AvgIpc) is 3.43. The van der Waals surface area contributed by atoms with E-state index in [9.17, 15) is 0 Å². The maximum atomic E-state index is 5.33. The van der Waals surface area contributed by atoms with Crippen molar-refractivity contribution in [3.63, 3.8) is 0 Å². The lowest BCUT2D eigenvalue weighted by molar-refractivity contribution is 0.627. The van der Waals surface area contributed by atoms with Crippen LogP contribution in [0.1, 0.15) is 53.8 Å². The molecule has 0 bridgehead atoms. The Hall–Kier alpha value is -5.80. The minimum Gasteiger partial charge on any atom is -0.294 e.